The van der Waals surface area contributed by atoms with Crippen molar-refractivity contribution >= 4 is 46.0 Å². The Morgan fingerprint density at radius 2 is 1.93 bits per heavy atom. The van der Waals surface area contributed by atoms with Crippen LogP contribution in [0.2, 0.25) is 4.34 Å². The second kappa shape index (κ2) is 9.20. The van der Waals surface area contributed by atoms with Crippen molar-refractivity contribution in [1.82, 2.24) is 10.4 Å². The van der Waals surface area contributed by atoms with Crippen molar-refractivity contribution in [2.24, 2.45) is 5.10 Å². The largest absolute Gasteiger partial charge is 0.272 e. The number of nitrogens with zero attached hydrogens (tertiary/aromatic N) is 2. The first kappa shape index (κ1) is 20.3. The highest BCUT2D eigenvalue weighted by Crippen LogP contribution is 2.25. The molecule has 2 heterocycles. The number of hydrogen-bond donors (Lipinski definition) is 1. The third-order valence-corrected chi connectivity index (χ3v) is 5.87. The summed E-state index contributed by atoms with van der Waals surface area (Å²) in [6.07, 6.45) is 3.74. The molecule has 0 unspecified atom stereocenters. The molecule has 4 rings (SSSR count). The maximum atomic E-state index is 12.9. The van der Waals surface area contributed by atoms with Crippen LogP contribution in [0.25, 0.3) is 22.2 Å². The fraction of sp³-hybridized carbons (Fsp3) is 0.125. The zero-order valence-corrected chi connectivity index (χ0v) is 18.0. The third kappa shape index (κ3) is 4.58. The molecule has 0 atom stereocenters. The molecule has 4 aromatic rings. The fourth-order valence-corrected chi connectivity index (χ4v) is 4.19. The van der Waals surface area contributed by atoms with Crippen molar-refractivity contribution in [3.8, 4) is 11.3 Å². The van der Waals surface area contributed by atoms with E-state index in [9.17, 15) is 4.79 Å². The lowest BCUT2D eigenvalue weighted by Gasteiger charge is -2.09. The molecule has 150 valence electrons. The zero-order chi connectivity index (χ0) is 20.9. The van der Waals surface area contributed by atoms with Gasteiger partial charge >= 0.3 is 0 Å². The van der Waals surface area contributed by atoms with E-state index in [1.165, 1.54) is 16.9 Å². The van der Waals surface area contributed by atoms with Gasteiger partial charge in [0, 0.05) is 15.8 Å². The van der Waals surface area contributed by atoms with Crippen molar-refractivity contribution in [3.63, 3.8) is 0 Å². The van der Waals surface area contributed by atoms with Crippen LogP contribution in [-0.2, 0) is 6.42 Å². The van der Waals surface area contributed by atoms with Gasteiger partial charge in [0.15, 0.2) is 0 Å². The Bertz CT molecular complexity index is 1210. The third-order valence-electron chi connectivity index (χ3n) is 4.70. The summed E-state index contributed by atoms with van der Waals surface area (Å²) in [4.78, 5) is 18.5. The Hall–Kier alpha value is -3.02. The summed E-state index contributed by atoms with van der Waals surface area (Å²) in [6.45, 7) is 2.17. The van der Waals surface area contributed by atoms with Gasteiger partial charge in [-0.1, -0.05) is 67.4 Å². The Labute approximate surface area is 184 Å². The molecule has 0 spiro atoms. The fourth-order valence-electron chi connectivity index (χ4n) is 3.25. The second-order valence-electron chi connectivity index (χ2n) is 6.86. The molecule has 0 aliphatic carbocycles. The van der Waals surface area contributed by atoms with E-state index in [4.69, 9.17) is 16.6 Å². The van der Waals surface area contributed by atoms with Crippen molar-refractivity contribution in [3.05, 3.63) is 87.1 Å². The van der Waals surface area contributed by atoms with Gasteiger partial charge < -0.3 is 0 Å². The van der Waals surface area contributed by atoms with Gasteiger partial charge in [-0.05, 0) is 36.2 Å². The van der Waals surface area contributed by atoms with Crippen LogP contribution < -0.4 is 5.43 Å². The molecule has 0 saturated carbocycles. The molecule has 30 heavy (non-hydrogen) atoms. The zero-order valence-electron chi connectivity index (χ0n) is 16.4. The van der Waals surface area contributed by atoms with Gasteiger partial charge in [-0.15, -0.1) is 11.3 Å². The number of fused-ring (bicyclic) bond motifs is 1. The lowest BCUT2D eigenvalue weighted by atomic mass is 10.0. The van der Waals surface area contributed by atoms with E-state index in [0.717, 1.165) is 39.9 Å². The van der Waals surface area contributed by atoms with Crippen molar-refractivity contribution in [2.45, 2.75) is 19.8 Å². The first-order valence-electron chi connectivity index (χ1n) is 9.72. The molecule has 4 nitrogen and oxygen atoms in total. The summed E-state index contributed by atoms with van der Waals surface area (Å²) < 4.78 is 0.678. The van der Waals surface area contributed by atoms with E-state index in [2.05, 4.69) is 41.7 Å². The SMILES string of the molecule is CCCc1ccc(-c2cc(C(=O)NN=Cc3ccc(Cl)s3)c3ccccc3n2)cc1. The van der Waals surface area contributed by atoms with Crippen molar-refractivity contribution < 1.29 is 4.79 Å². The molecule has 0 saturated heterocycles. The summed E-state index contributed by atoms with van der Waals surface area (Å²) >= 11 is 7.33. The van der Waals surface area contributed by atoms with Crippen LogP contribution in [0.4, 0.5) is 0 Å². The molecule has 0 radical (unpaired) electrons. The number of aromatic nitrogens is 1. The Morgan fingerprint density at radius 1 is 1.13 bits per heavy atom. The van der Waals surface area contributed by atoms with Gasteiger partial charge in [0.2, 0.25) is 0 Å². The van der Waals surface area contributed by atoms with Crippen molar-refractivity contribution in [2.75, 3.05) is 0 Å². The van der Waals surface area contributed by atoms with Gasteiger partial charge in [0.25, 0.3) is 5.91 Å². The monoisotopic (exact) mass is 433 g/mol. The summed E-state index contributed by atoms with van der Waals surface area (Å²) in [5, 5.41) is 4.87. The molecule has 1 amide bonds. The predicted octanol–water partition coefficient (Wildman–Crippen LogP) is 6.33. The quantitative estimate of drug-likeness (QED) is 0.285. The van der Waals surface area contributed by atoms with E-state index in [1.54, 1.807) is 12.3 Å². The number of aryl methyl sites for hydroxylation is 1. The molecule has 1 N–H and O–H groups in total. The average Bonchev–Trinajstić information content (AvgIpc) is 3.18. The van der Waals surface area contributed by atoms with Gasteiger partial charge in [-0.2, -0.15) is 5.10 Å². The summed E-state index contributed by atoms with van der Waals surface area (Å²) in [5.41, 5.74) is 6.96. The van der Waals surface area contributed by atoms with Gasteiger partial charge in [0.1, 0.15) is 0 Å². The average molecular weight is 434 g/mol. The predicted molar refractivity (Wildman–Crippen MR) is 126 cm³/mol. The number of amides is 1. The highest BCUT2D eigenvalue weighted by molar-refractivity contribution is 7.17. The van der Waals surface area contributed by atoms with E-state index in [-0.39, 0.29) is 5.91 Å². The molecule has 0 bridgehead atoms. The highest BCUT2D eigenvalue weighted by atomic mass is 35.5. The molecule has 0 aliphatic heterocycles. The van der Waals surface area contributed by atoms with Crippen LogP contribution in [0, 0.1) is 0 Å². The Morgan fingerprint density at radius 3 is 2.67 bits per heavy atom. The van der Waals surface area contributed by atoms with Crippen LogP contribution in [0.15, 0.2) is 71.8 Å². The minimum atomic E-state index is -0.281. The smallest absolute Gasteiger partial charge is 0.267 e. The number of pyridine rings is 1. The minimum absolute atomic E-state index is 0.281. The normalized spacial score (nSPS) is 11.3. The van der Waals surface area contributed by atoms with Crippen LogP contribution in [0.3, 0.4) is 0 Å². The van der Waals surface area contributed by atoms with Crippen molar-refractivity contribution in [1.29, 1.82) is 0 Å². The van der Waals surface area contributed by atoms with E-state index in [0.29, 0.717) is 9.90 Å². The van der Waals surface area contributed by atoms with Gasteiger partial charge in [-0.3, -0.25) is 4.79 Å². The number of nitrogens with one attached hydrogen (secondary N) is 1. The number of carbonyl (C=O) groups is 1. The number of halogens is 1. The van der Waals surface area contributed by atoms with E-state index in [1.807, 2.05) is 36.4 Å². The van der Waals surface area contributed by atoms with Crippen LogP contribution in [-0.4, -0.2) is 17.1 Å². The lowest BCUT2D eigenvalue weighted by molar-refractivity contribution is 0.0957. The molecule has 0 aliphatic rings. The number of hydrogen-bond acceptors (Lipinski definition) is 4. The molecular formula is C24H20ClN3OS. The topological polar surface area (TPSA) is 54.4 Å². The number of carbonyl (C=O) groups excluding carboxylic acids is 1. The first-order valence-corrected chi connectivity index (χ1v) is 10.9. The lowest BCUT2D eigenvalue weighted by Crippen LogP contribution is -2.18. The summed E-state index contributed by atoms with van der Waals surface area (Å²) in [6, 6.07) is 21.5. The second-order valence-corrected chi connectivity index (χ2v) is 8.61. The van der Waals surface area contributed by atoms with E-state index >= 15 is 0 Å². The number of para-hydroxylation sites is 1. The number of benzene rings is 2. The Balaban J connectivity index is 1.66. The molecule has 6 heteroatoms. The standard InChI is InChI=1S/C24H20ClN3OS/c1-2-5-16-8-10-17(11-9-16)22-14-20(19-6-3-4-7-21(19)27-22)24(29)28-26-15-18-12-13-23(25)30-18/h3-4,6-15H,2,5H2,1H3,(H,28,29). The molecular weight excluding hydrogens is 414 g/mol. The minimum Gasteiger partial charge on any atom is -0.267 e. The summed E-state index contributed by atoms with van der Waals surface area (Å²) in [7, 11) is 0. The molecule has 2 aromatic heterocycles. The highest BCUT2D eigenvalue weighted by Gasteiger charge is 2.13. The van der Waals surface area contributed by atoms with Crippen LogP contribution in [0.5, 0.6) is 0 Å². The van der Waals surface area contributed by atoms with Gasteiger partial charge in [-0.25, -0.2) is 10.4 Å². The summed E-state index contributed by atoms with van der Waals surface area (Å²) in [5.74, 6) is -0.281. The maximum absolute atomic E-state index is 12.9. The molecule has 2 aromatic carbocycles. The maximum Gasteiger partial charge on any atom is 0.272 e. The first-order chi connectivity index (χ1) is 14.6. The number of hydrazone groups is 1. The Kier molecular flexibility index (Phi) is 6.21. The molecule has 0 fully saturated rings. The van der Waals surface area contributed by atoms with E-state index < -0.39 is 0 Å². The van der Waals surface area contributed by atoms with Crippen LogP contribution in [0.1, 0.15) is 34.1 Å². The number of thiophene rings is 1. The van der Waals surface area contributed by atoms with Crippen LogP contribution >= 0.6 is 22.9 Å². The number of rotatable bonds is 6. The van der Waals surface area contributed by atoms with Gasteiger partial charge in [0.05, 0.1) is 27.3 Å².